The van der Waals surface area contributed by atoms with Gasteiger partial charge in [-0.15, -0.1) is 0 Å². The molecule has 1 aliphatic rings. The third-order valence-corrected chi connectivity index (χ3v) is 4.47. The van der Waals surface area contributed by atoms with Gasteiger partial charge in [-0.25, -0.2) is 4.98 Å². The van der Waals surface area contributed by atoms with Gasteiger partial charge >= 0.3 is 0 Å². The van der Waals surface area contributed by atoms with Crippen LogP contribution in [0.4, 0.5) is 0 Å². The summed E-state index contributed by atoms with van der Waals surface area (Å²) in [7, 11) is 1.56. The summed E-state index contributed by atoms with van der Waals surface area (Å²) in [6, 6.07) is 3.64. The first-order valence-electron chi connectivity index (χ1n) is 7.15. The van der Waals surface area contributed by atoms with Crippen molar-refractivity contribution >= 4 is 23.1 Å². The third kappa shape index (κ3) is 3.50. The molecule has 1 amide bonds. The summed E-state index contributed by atoms with van der Waals surface area (Å²) in [6.45, 7) is 0.419. The molecule has 6 heteroatoms. The second-order valence-electron chi connectivity index (χ2n) is 5.40. The van der Waals surface area contributed by atoms with Crippen LogP contribution in [-0.2, 0) is 11.3 Å². The second kappa shape index (κ2) is 6.85. The molecule has 1 saturated carbocycles. The number of hydrogen-bond acceptors (Lipinski definition) is 4. The maximum Gasteiger partial charge on any atom is 0.233 e. The molecule has 1 aromatic heterocycles. The van der Waals surface area contributed by atoms with Gasteiger partial charge in [-0.1, -0.05) is 31.5 Å². The van der Waals surface area contributed by atoms with E-state index >= 15 is 0 Å². The summed E-state index contributed by atoms with van der Waals surface area (Å²) in [5.41, 5.74) is 6.12. The van der Waals surface area contributed by atoms with E-state index in [1.807, 2.05) is 6.07 Å². The van der Waals surface area contributed by atoms with Gasteiger partial charge in [0.05, 0.1) is 17.5 Å². The van der Waals surface area contributed by atoms with Crippen molar-refractivity contribution < 1.29 is 9.53 Å². The Balaban J connectivity index is 2.03. The number of nitrogens with two attached hydrogens (primary N) is 1. The van der Waals surface area contributed by atoms with E-state index in [1.165, 1.54) is 0 Å². The summed E-state index contributed by atoms with van der Waals surface area (Å²) in [6.07, 6.45) is 6.27. The molecule has 21 heavy (non-hydrogen) atoms. The standard InChI is InChI=1S/C15H21N3O2S/c1-20-12-9-11(5-8-17-12)10-18-14(19)15(13(16)21)6-3-2-4-7-15/h5,8-9H,2-4,6-7,10H2,1H3,(H2,16,21)(H,18,19). The quantitative estimate of drug-likeness (QED) is 0.813. The molecule has 5 nitrogen and oxygen atoms in total. The van der Waals surface area contributed by atoms with Crippen LogP contribution in [0.15, 0.2) is 18.3 Å². The third-order valence-electron chi connectivity index (χ3n) is 4.07. The minimum Gasteiger partial charge on any atom is -0.481 e. The lowest BCUT2D eigenvalue weighted by molar-refractivity contribution is -0.129. The van der Waals surface area contributed by atoms with E-state index in [4.69, 9.17) is 22.7 Å². The van der Waals surface area contributed by atoms with Gasteiger partial charge in [0.2, 0.25) is 11.8 Å². The number of pyridine rings is 1. The normalized spacial score (nSPS) is 17.0. The SMILES string of the molecule is COc1cc(CNC(=O)C2(C(N)=S)CCCCC2)ccn1. The largest absolute Gasteiger partial charge is 0.481 e. The van der Waals surface area contributed by atoms with Crippen molar-refractivity contribution in [2.24, 2.45) is 11.1 Å². The van der Waals surface area contributed by atoms with Crippen molar-refractivity contribution in [3.63, 3.8) is 0 Å². The van der Waals surface area contributed by atoms with E-state index in [2.05, 4.69) is 10.3 Å². The van der Waals surface area contributed by atoms with Gasteiger partial charge in [-0.05, 0) is 24.5 Å². The van der Waals surface area contributed by atoms with Gasteiger partial charge in [-0.2, -0.15) is 0 Å². The Hall–Kier alpha value is -1.69. The number of amides is 1. The van der Waals surface area contributed by atoms with E-state index in [0.717, 1.165) is 37.7 Å². The molecule has 0 unspecified atom stereocenters. The molecule has 1 aliphatic carbocycles. The van der Waals surface area contributed by atoms with Crippen molar-refractivity contribution in [2.45, 2.75) is 38.6 Å². The van der Waals surface area contributed by atoms with E-state index in [0.29, 0.717) is 17.4 Å². The Morgan fingerprint density at radius 2 is 2.19 bits per heavy atom. The molecule has 1 fully saturated rings. The molecule has 0 aromatic carbocycles. The summed E-state index contributed by atoms with van der Waals surface area (Å²) in [5, 5.41) is 2.95. The second-order valence-corrected chi connectivity index (χ2v) is 5.84. The number of nitrogens with one attached hydrogen (secondary N) is 1. The Morgan fingerprint density at radius 3 is 2.81 bits per heavy atom. The highest BCUT2D eigenvalue weighted by molar-refractivity contribution is 7.80. The maximum atomic E-state index is 12.6. The molecule has 1 aromatic rings. The van der Waals surface area contributed by atoms with Gasteiger partial charge in [0, 0.05) is 18.8 Å². The summed E-state index contributed by atoms with van der Waals surface area (Å²) in [5.74, 6) is 0.467. The van der Waals surface area contributed by atoms with Crippen LogP contribution < -0.4 is 15.8 Å². The van der Waals surface area contributed by atoms with Crippen LogP contribution >= 0.6 is 12.2 Å². The molecule has 0 atom stereocenters. The molecule has 0 radical (unpaired) electrons. The average Bonchev–Trinajstić information content (AvgIpc) is 2.53. The number of ether oxygens (including phenoxy) is 1. The molecular weight excluding hydrogens is 286 g/mol. The first-order chi connectivity index (χ1) is 10.1. The summed E-state index contributed by atoms with van der Waals surface area (Å²) < 4.78 is 5.07. The molecule has 2 rings (SSSR count). The van der Waals surface area contributed by atoms with Crippen molar-refractivity contribution in [2.75, 3.05) is 7.11 Å². The van der Waals surface area contributed by atoms with Gasteiger partial charge in [-0.3, -0.25) is 4.79 Å². The number of carbonyl (C=O) groups excluding carboxylic acids is 1. The first kappa shape index (κ1) is 15.7. The number of aromatic nitrogens is 1. The van der Waals surface area contributed by atoms with E-state index in [9.17, 15) is 4.79 Å². The van der Waals surface area contributed by atoms with Crippen LogP contribution in [0.3, 0.4) is 0 Å². The van der Waals surface area contributed by atoms with Crippen LogP contribution in [0.1, 0.15) is 37.7 Å². The van der Waals surface area contributed by atoms with Crippen LogP contribution in [-0.4, -0.2) is 23.0 Å². The summed E-state index contributed by atoms with van der Waals surface area (Å²) in [4.78, 5) is 16.9. The predicted molar refractivity (Wildman–Crippen MR) is 84.9 cm³/mol. The zero-order valence-electron chi connectivity index (χ0n) is 12.2. The fraction of sp³-hybridized carbons (Fsp3) is 0.533. The Labute approximate surface area is 130 Å². The molecule has 0 spiro atoms. The molecule has 0 aliphatic heterocycles. The van der Waals surface area contributed by atoms with E-state index in [-0.39, 0.29) is 5.91 Å². The lowest BCUT2D eigenvalue weighted by Crippen LogP contribution is -2.49. The Bertz CT molecular complexity index is 527. The number of rotatable bonds is 5. The number of methoxy groups -OCH3 is 1. The van der Waals surface area contributed by atoms with Crippen LogP contribution in [0.2, 0.25) is 0 Å². The lowest BCUT2D eigenvalue weighted by Gasteiger charge is -2.34. The highest BCUT2D eigenvalue weighted by Gasteiger charge is 2.42. The van der Waals surface area contributed by atoms with Crippen molar-refractivity contribution in [1.29, 1.82) is 0 Å². The number of hydrogen-bond donors (Lipinski definition) is 2. The zero-order valence-corrected chi connectivity index (χ0v) is 13.0. The van der Waals surface area contributed by atoms with E-state index in [1.54, 1.807) is 19.4 Å². The molecule has 114 valence electrons. The Kier molecular flexibility index (Phi) is 5.12. The highest BCUT2D eigenvalue weighted by Crippen LogP contribution is 2.37. The van der Waals surface area contributed by atoms with Gasteiger partial charge in [0.25, 0.3) is 0 Å². The van der Waals surface area contributed by atoms with Crippen LogP contribution in [0.5, 0.6) is 5.88 Å². The molecular formula is C15H21N3O2S. The minimum absolute atomic E-state index is 0.0644. The van der Waals surface area contributed by atoms with Crippen molar-refractivity contribution in [1.82, 2.24) is 10.3 Å². The highest BCUT2D eigenvalue weighted by atomic mass is 32.1. The van der Waals surface area contributed by atoms with E-state index < -0.39 is 5.41 Å². The van der Waals surface area contributed by atoms with Crippen molar-refractivity contribution in [3.8, 4) is 5.88 Å². The van der Waals surface area contributed by atoms with Crippen LogP contribution in [0.25, 0.3) is 0 Å². The molecule has 0 saturated heterocycles. The molecule has 0 bridgehead atoms. The smallest absolute Gasteiger partial charge is 0.233 e. The number of carbonyl (C=O) groups is 1. The number of nitrogens with zero attached hydrogens (tertiary/aromatic N) is 1. The van der Waals surface area contributed by atoms with Gasteiger partial charge in [0.1, 0.15) is 0 Å². The maximum absolute atomic E-state index is 12.6. The average molecular weight is 307 g/mol. The van der Waals surface area contributed by atoms with Gasteiger partial charge in [0.15, 0.2) is 0 Å². The monoisotopic (exact) mass is 307 g/mol. The summed E-state index contributed by atoms with van der Waals surface area (Å²) >= 11 is 5.16. The minimum atomic E-state index is -0.676. The molecule has 1 heterocycles. The fourth-order valence-electron chi connectivity index (χ4n) is 2.76. The predicted octanol–water partition coefficient (Wildman–Crippen LogP) is 1.94. The topological polar surface area (TPSA) is 77.2 Å². The van der Waals surface area contributed by atoms with Crippen LogP contribution in [0, 0.1) is 5.41 Å². The Morgan fingerprint density at radius 1 is 1.48 bits per heavy atom. The van der Waals surface area contributed by atoms with Gasteiger partial charge < -0.3 is 15.8 Å². The van der Waals surface area contributed by atoms with Crippen molar-refractivity contribution in [3.05, 3.63) is 23.9 Å². The lowest BCUT2D eigenvalue weighted by atomic mass is 9.73. The zero-order chi connectivity index (χ0) is 15.3. The molecule has 3 N–H and O–H groups in total. The number of thiocarbonyl (C=S) groups is 1. The fourth-order valence-corrected chi connectivity index (χ4v) is 3.06. The first-order valence-corrected chi connectivity index (χ1v) is 7.56.